The number of amides is 2. The van der Waals surface area contributed by atoms with Gasteiger partial charge in [0.25, 0.3) is 0 Å². The number of hydrogen-bond acceptors (Lipinski definition) is 4. The van der Waals surface area contributed by atoms with Crippen molar-refractivity contribution in [1.82, 2.24) is 19.6 Å². The number of imidazole rings is 1. The first-order chi connectivity index (χ1) is 15.6. The van der Waals surface area contributed by atoms with Crippen molar-refractivity contribution in [3.63, 3.8) is 0 Å². The lowest BCUT2D eigenvalue weighted by molar-refractivity contribution is -0.130. The third-order valence-corrected chi connectivity index (χ3v) is 7.78. The molecule has 7 nitrogen and oxygen atoms in total. The summed E-state index contributed by atoms with van der Waals surface area (Å²) < 4.78 is 7.80. The molecule has 186 valence electrons. The van der Waals surface area contributed by atoms with Crippen LogP contribution in [-0.4, -0.2) is 44.0 Å². The molecule has 7 heteroatoms. The molecule has 2 amide bonds. The highest BCUT2D eigenvalue weighted by atomic mass is 16.6. The number of hydrogen-bond donors (Lipinski definition) is 1. The maximum Gasteiger partial charge on any atom is 0.410 e. The van der Waals surface area contributed by atoms with Crippen molar-refractivity contribution in [2.45, 2.75) is 91.8 Å². The van der Waals surface area contributed by atoms with E-state index in [-0.39, 0.29) is 29.3 Å². The van der Waals surface area contributed by atoms with E-state index in [1.165, 1.54) is 0 Å². The van der Waals surface area contributed by atoms with Crippen molar-refractivity contribution in [3.8, 4) is 0 Å². The van der Waals surface area contributed by atoms with Crippen LogP contribution in [0.1, 0.15) is 79.6 Å². The zero-order valence-electron chi connectivity index (χ0n) is 22.2. The minimum atomic E-state index is -0.640. The zero-order chi connectivity index (χ0) is 25.3. The standard InChI is InChI=1S/C27H40N4O3/c1-17-11-10-12-30-20(17)15-28-22(30)26(8,9)29-21(32)19-14-27(24(2,3)4)13-18(19)16-31(27)23(33)34-25(5,6)7/h10-12,15,18-19H,13-14,16H2,1-9H3,(H,29,32). The summed E-state index contributed by atoms with van der Waals surface area (Å²) in [5, 5.41) is 3.29. The Morgan fingerprint density at radius 1 is 1.12 bits per heavy atom. The summed E-state index contributed by atoms with van der Waals surface area (Å²) in [6, 6.07) is 4.06. The highest BCUT2D eigenvalue weighted by molar-refractivity contribution is 5.82. The van der Waals surface area contributed by atoms with E-state index in [2.05, 4.69) is 48.5 Å². The van der Waals surface area contributed by atoms with Crippen LogP contribution in [0.5, 0.6) is 0 Å². The van der Waals surface area contributed by atoms with Crippen LogP contribution in [0.15, 0.2) is 24.5 Å². The Morgan fingerprint density at radius 3 is 2.41 bits per heavy atom. The van der Waals surface area contributed by atoms with Gasteiger partial charge in [-0.1, -0.05) is 26.8 Å². The van der Waals surface area contributed by atoms with E-state index in [1.54, 1.807) is 0 Å². The predicted octanol–water partition coefficient (Wildman–Crippen LogP) is 5.06. The second-order valence-corrected chi connectivity index (χ2v) is 12.8. The van der Waals surface area contributed by atoms with Crippen LogP contribution in [0.4, 0.5) is 4.79 Å². The maximum atomic E-state index is 13.6. The first-order valence-corrected chi connectivity index (χ1v) is 12.3. The third kappa shape index (κ3) is 3.97. The van der Waals surface area contributed by atoms with Crippen molar-refractivity contribution in [2.24, 2.45) is 17.3 Å². The number of piperidine rings is 1. The van der Waals surface area contributed by atoms with Gasteiger partial charge in [0.05, 0.1) is 22.8 Å². The Morgan fingerprint density at radius 2 is 1.79 bits per heavy atom. The molecule has 3 atom stereocenters. The van der Waals surface area contributed by atoms with Gasteiger partial charge in [0.2, 0.25) is 5.91 Å². The molecule has 0 spiro atoms. The lowest BCUT2D eigenvalue weighted by atomic mass is 9.71. The van der Waals surface area contributed by atoms with E-state index < -0.39 is 16.7 Å². The van der Waals surface area contributed by atoms with Crippen molar-refractivity contribution >= 4 is 17.5 Å². The number of carbonyl (C=O) groups excluding carboxylic acids is 2. The summed E-state index contributed by atoms with van der Waals surface area (Å²) in [4.78, 5) is 33.3. The number of likely N-dealkylation sites (tertiary alicyclic amines) is 1. The molecule has 2 aromatic heterocycles. The fourth-order valence-corrected chi connectivity index (χ4v) is 5.98. The molecule has 34 heavy (non-hydrogen) atoms. The monoisotopic (exact) mass is 468 g/mol. The summed E-state index contributed by atoms with van der Waals surface area (Å²) in [7, 11) is 0. The molecule has 1 saturated heterocycles. The van der Waals surface area contributed by atoms with E-state index in [4.69, 9.17) is 4.74 Å². The largest absolute Gasteiger partial charge is 0.444 e. The molecular formula is C27H40N4O3. The number of ether oxygens (including phenoxy) is 1. The van der Waals surface area contributed by atoms with Crippen LogP contribution in [0.25, 0.3) is 5.52 Å². The molecule has 2 fully saturated rings. The number of nitrogens with zero attached hydrogens (tertiary/aromatic N) is 3. The highest BCUT2D eigenvalue weighted by Gasteiger charge is 2.64. The number of pyridine rings is 1. The number of nitrogens with one attached hydrogen (secondary N) is 1. The maximum absolute atomic E-state index is 13.6. The zero-order valence-corrected chi connectivity index (χ0v) is 22.2. The van der Waals surface area contributed by atoms with Gasteiger partial charge >= 0.3 is 6.09 Å². The van der Waals surface area contributed by atoms with E-state index in [1.807, 2.05) is 58.0 Å². The predicted molar refractivity (Wildman–Crippen MR) is 132 cm³/mol. The molecule has 2 aromatic rings. The first-order valence-electron chi connectivity index (χ1n) is 12.3. The van der Waals surface area contributed by atoms with E-state index in [9.17, 15) is 9.59 Å². The van der Waals surface area contributed by atoms with Gasteiger partial charge in [-0.3, -0.25) is 4.79 Å². The molecule has 1 N–H and O–H groups in total. The van der Waals surface area contributed by atoms with Crippen molar-refractivity contribution in [3.05, 3.63) is 35.9 Å². The number of rotatable bonds is 3. The Balaban J connectivity index is 1.56. The summed E-state index contributed by atoms with van der Waals surface area (Å²) >= 11 is 0. The molecule has 3 heterocycles. The summed E-state index contributed by atoms with van der Waals surface area (Å²) in [5.41, 5.74) is 0.414. The number of fused-ring (bicyclic) bond motifs is 3. The highest BCUT2D eigenvalue weighted by Crippen LogP contribution is 2.58. The van der Waals surface area contributed by atoms with Crippen molar-refractivity contribution < 1.29 is 14.3 Å². The Bertz CT molecular complexity index is 1120. The lowest BCUT2D eigenvalue weighted by Crippen LogP contribution is -2.59. The van der Waals surface area contributed by atoms with E-state index >= 15 is 0 Å². The molecule has 2 aliphatic rings. The van der Waals surface area contributed by atoms with Gasteiger partial charge in [-0.05, 0) is 77.3 Å². The molecule has 3 unspecified atom stereocenters. The number of aryl methyl sites for hydroxylation is 1. The fraction of sp³-hybridized carbons (Fsp3) is 0.667. The average Bonchev–Trinajstić information content (AvgIpc) is 3.38. The lowest BCUT2D eigenvalue weighted by Gasteiger charge is -2.49. The van der Waals surface area contributed by atoms with Crippen LogP contribution < -0.4 is 5.32 Å². The second-order valence-electron chi connectivity index (χ2n) is 12.8. The minimum Gasteiger partial charge on any atom is -0.444 e. The van der Waals surface area contributed by atoms with Crippen LogP contribution in [-0.2, 0) is 15.1 Å². The fourth-order valence-electron chi connectivity index (χ4n) is 5.98. The SMILES string of the molecule is Cc1cccn2c(C(C)(C)NC(=O)C3CC4(C(C)(C)C)CC3CN4C(=O)OC(C)(C)C)ncc12. The van der Waals surface area contributed by atoms with Gasteiger partial charge in [-0.15, -0.1) is 0 Å². The van der Waals surface area contributed by atoms with Crippen LogP contribution in [0, 0.1) is 24.2 Å². The molecular weight excluding hydrogens is 428 g/mol. The number of carbonyl (C=O) groups is 2. The van der Waals surface area contributed by atoms with Gasteiger partial charge in [0.15, 0.2) is 0 Å². The Hall–Kier alpha value is -2.57. The average molecular weight is 469 g/mol. The quantitative estimate of drug-likeness (QED) is 0.683. The molecule has 1 aliphatic carbocycles. The summed E-state index contributed by atoms with van der Waals surface area (Å²) in [6.07, 6.45) is 5.04. The Kier molecular flexibility index (Phi) is 5.57. The normalized spacial score (nSPS) is 25.1. The molecule has 1 aliphatic heterocycles. The third-order valence-electron chi connectivity index (χ3n) is 7.78. The molecule has 1 saturated carbocycles. The smallest absolute Gasteiger partial charge is 0.410 e. The molecule has 0 radical (unpaired) electrons. The van der Waals surface area contributed by atoms with Gasteiger partial charge in [-0.2, -0.15) is 0 Å². The van der Waals surface area contributed by atoms with E-state index in [0.29, 0.717) is 13.0 Å². The molecule has 2 bridgehead atoms. The topological polar surface area (TPSA) is 75.9 Å². The summed E-state index contributed by atoms with van der Waals surface area (Å²) in [5.74, 6) is 0.810. The van der Waals surface area contributed by atoms with Gasteiger partial charge in [-0.25, -0.2) is 9.78 Å². The molecule has 0 aromatic carbocycles. The van der Waals surface area contributed by atoms with Gasteiger partial charge < -0.3 is 19.4 Å². The van der Waals surface area contributed by atoms with E-state index in [0.717, 1.165) is 23.3 Å². The van der Waals surface area contributed by atoms with Crippen LogP contribution in [0.3, 0.4) is 0 Å². The number of aromatic nitrogens is 2. The second kappa shape index (κ2) is 7.72. The van der Waals surface area contributed by atoms with Crippen molar-refractivity contribution in [2.75, 3.05) is 6.54 Å². The van der Waals surface area contributed by atoms with Crippen LogP contribution >= 0.6 is 0 Å². The van der Waals surface area contributed by atoms with Gasteiger partial charge in [0.1, 0.15) is 11.4 Å². The van der Waals surface area contributed by atoms with Crippen LogP contribution in [0.2, 0.25) is 0 Å². The summed E-state index contributed by atoms with van der Waals surface area (Å²) in [6.45, 7) is 18.8. The Labute approximate surface area is 203 Å². The minimum absolute atomic E-state index is 0.0365. The van der Waals surface area contributed by atoms with Crippen molar-refractivity contribution in [1.29, 1.82) is 0 Å². The molecule has 4 rings (SSSR count). The first kappa shape index (κ1) is 24.6. The van der Waals surface area contributed by atoms with Gasteiger partial charge in [0, 0.05) is 18.7 Å².